The predicted molar refractivity (Wildman–Crippen MR) is 102 cm³/mol. The number of carbonyl (C=O) groups is 1. The first-order valence-corrected chi connectivity index (χ1v) is 9.73. The molecular formula is C17H28ClN3O3S. The summed E-state index contributed by atoms with van der Waals surface area (Å²) in [6.45, 7) is 6.82. The fraction of sp³-hybridized carbons (Fsp3) is 0.588. The van der Waals surface area contributed by atoms with Gasteiger partial charge in [-0.3, -0.25) is 4.79 Å². The van der Waals surface area contributed by atoms with Gasteiger partial charge in [-0.25, -0.2) is 8.42 Å². The van der Waals surface area contributed by atoms with Crippen molar-refractivity contribution < 1.29 is 13.2 Å². The Morgan fingerprint density at radius 2 is 1.84 bits per heavy atom. The van der Waals surface area contributed by atoms with Gasteiger partial charge in [0, 0.05) is 30.7 Å². The molecule has 2 rings (SSSR count). The molecule has 8 heteroatoms. The average molecular weight is 390 g/mol. The van der Waals surface area contributed by atoms with Crippen LogP contribution in [0.15, 0.2) is 23.1 Å². The number of hydrogen-bond donors (Lipinski definition) is 2. The predicted octanol–water partition coefficient (Wildman–Crippen LogP) is 2.06. The lowest BCUT2D eigenvalue weighted by Gasteiger charge is -2.26. The van der Waals surface area contributed by atoms with Gasteiger partial charge >= 0.3 is 0 Å². The molecule has 0 bridgehead atoms. The lowest BCUT2D eigenvalue weighted by molar-refractivity contribution is 0.0945. The molecule has 1 amide bonds. The second kappa shape index (κ2) is 8.49. The molecule has 3 N–H and O–H groups in total. The number of aryl methyl sites for hydroxylation is 1. The number of rotatable bonds is 5. The number of amides is 1. The van der Waals surface area contributed by atoms with Crippen molar-refractivity contribution in [3.05, 3.63) is 29.3 Å². The summed E-state index contributed by atoms with van der Waals surface area (Å²) in [6, 6.07) is 4.72. The first-order chi connectivity index (χ1) is 11.1. The highest BCUT2D eigenvalue weighted by Gasteiger charge is 2.27. The third-order valence-electron chi connectivity index (χ3n) is 4.11. The van der Waals surface area contributed by atoms with Crippen LogP contribution in [0, 0.1) is 6.92 Å². The van der Waals surface area contributed by atoms with E-state index in [2.05, 4.69) is 5.32 Å². The van der Waals surface area contributed by atoms with Gasteiger partial charge in [-0.2, -0.15) is 4.31 Å². The second-order valence-corrected chi connectivity index (χ2v) is 9.05. The summed E-state index contributed by atoms with van der Waals surface area (Å²) < 4.78 is 27.0. The van der Waals surface area contributed by atoms with E-state index < -0.39 is 15.6 Å². The topological polar surface area (TPSA) is 92.5 Å². The Bertz CT molecular complexity index is 708. The van der Waals surface area contributed by atoms with E-state index in [1.807, 2.05) is 13.8 Å². The molecular weight excluding hydrogens is 362 g/mol. The number of sulfonamides is 1. The van der Waals surface area contributed by atoms with Gasteiger partial charge in [0.05, 0.1) is 4.90 Å². The molecule has 1 fully saturated rings. The third-order valence-corrected chi connectivity index (χ3v) is 6.01. The summed E-state index contributed by atoms with van der Waals surface area (Å²) in [5.41, 5.74) is 6.46. The van der Waals surface area contributed by atoms with Crippen molar-refractivity contribution in [3.8, 4) is 0 Å². The van der Waals surface area contributed by atoms with Crippen LogP contribution in [0.3, 0.4) is 0 Å². The molecule has 0 aromatic heterocycles. The van der Waals surface area contributed by atoms with Crippen LogP contribution in [0.25, 0.3) is 0 Å². The zero-order valence-electron chi connectivity index (χ0n) is 15.0. The molecule has 1 aromatic carbocycles. The van der Waals surface area contributed by atoms with Crippen LogP contribution in [-0.4, -0.2) is 43.8 Å². The summed E-state index contributed by atoms with van der Waals surface area (Å²) in [4.78, 5) is 12.6. The van der Waals surface area contributed by atoms with Gasteiger partial charge in [0.25, 0.3) is 5.91 Å². The minimum atomic E-state index is -3.55. The van der Waals surface area contributed by atoms with E-state index in [1.165, 1.54) is 10.4 Å². The quantitative estimate of drug-likeness (QED) is 0.806. The number of nitrogens with one attached hydrogen (secondary N) is 1. The fourth-order valence-corrected chi connectivity index (χ4v) is 4.21. The van der Waals surface area contributed by atoms with Crippen molar-refractivity contribution in [2.75, 3.05) is 19.6 Å². The Morgan fingerprint density at radius 3 is 2.40 bits per heavy atom. The van der Waals surface area contributed by atoms with Crippen molar-refractivity contribution in [2.24, 2.45) is 5.73 Å². The van der Waals surface area contributed by atoms with Crippen molar-refractivity contribution >= 4 is 28.3 Å². The van der Waals surface area contributed by atoms with Crippen LogP contribution in [-0.2, 0) is 10.0 Å². The summed E-state index contributed by atoms with van der Waals surface area (Å²) in [7, 11) is -3.55. The summed E-state index contributed by atoms with van der Waals surface area (Å²) in [5, 5.41) is 2.77. The molecule has 0 unspecified atom stereocenters. The van der Waals surface area contributed by atoms with Gasteiger partial charge < -0.3 is 11.1 Å². The maximum Gasteiger partial charge on any atom is 0.251 e. The Morgan fingerprint density at radius 1 is 1.24 bits per heavy atom. The molecule has 1 aliphatic heterocycles. The number of nitrogens with zero attached hydrogens (tertiary/aromatic N) is 1. The van der Waals surface area contributed by atoms with E-state index in [-0.39, 0.29) is 23.2 Å². The van der Waals surface area contributed by atoms with Gasteiger partial charge in [-0.1, -0.05) is 12.5 Å². The molecule has 0 spiro atoms. The Hall–Kier alpha value is -1.15. The minimum absolute atomic E-state index is 0. The maximum absolute atomic E-state index is 12.8. The van der Waals surface area contributed by atoms with Crippen molar-refractivity contribution in [1.29, 1.82) is 0 Å². The van der Waals surface area contributed by atoms with E-state index in [1.54, 1.807) is 19.1 Å². The third kappa shape index (κ3) is 5.67. The van der Waals surface area contributed by atoms with Crippen LogP contribution in [0.5, 0.6) is 0 Å². The van der Waals surface area contributed by atoms with Crippen LogP contribution in [0.4, 0.5) is 0 Å². The monoisotopic (exact) mass is 389 g/mol. The number of hydrogen-bond acceptors (Lipinski definition) is 4. The van der Waals surface area contributed by atoms with E-state index in [0.29, 0.717) is 25.2 Å². The van der Waals surface area contributed by atoms with Gasteiger partial charge in [0.2, 0.25) is 10.0 Å². The number of piperidine rings is 1. The first kappa shape index (κ1) is 21.9. The zero-order chi connectivity index (χ0) is 18.0. The fourth-order valence-electron chi connectivity index (χ4n) is 2.66. The van der Waals surface area contributed by atoms with Crippen molar-refractivity contribution in [1.82, 2.24) is 9.62 Å². The maximum atomic E-state index is 12.8. The highest BCUT2D eigenvalue weighted by atomic mass is 35.5. The van der Waals surface area contributed by atoms with Crippen molar-refractivity contribution in [3.63, 3.8) is 0 Å². The Kier molecular flexibility index (Phi) is 7.43. The number of benzene rings is 1. The lowest BCUT2D eigenvalue weighted by atomic mass is 10.1. The summed E-state index contributed by atoms with van der Waals surface area (Å²) in [5.74, 6) is -0.304. The van der Waals surface area contributed by atoms with Gasteiger partial charge in [0.1, 0.15) is 0 Å². The molecule has 0 saturated carbocycles. The lowest BCUT2D eigenvalue weighted by Crippen LogP contribution is -2.45. The second-order valence-electron chi connectivity index (χ2n) is 7.11. The van der Waals surface area contributed by atoms with E-state index in [4.69, 9.17) is 5.73 Å². The molecule has 0 atom stereocenters. The van der Waals surface area contributed by atoms with E-state index in [0.717, 1.165) is 24.8 Å². The van der Waals surface area contributed by atoms with Crippen molar-refractivity contribution in [2.45, 2.75) is 50.5 Å². The van der Waals surface area contributed by atoms with Gasteiger partial charge in [0.15, 0.2) is 0 Å². The first-order valence-electron chi connectivity index (χ1n) is 8.29. The number of nitrogens with two attached hydrogens (primary N) is 1. The summed E-state index contributed by atoms with van der Waals surface area (Å²) in [6.07, 6.45) is 2.82. The molecule has 1 heterocycles. The van der Waals surface area contributed by atoms with Crippen LogP contribution < -0.4 is 11.1 Å². The SMILES string of the molecule is Cc1ccc(S(=O)(=O)N2CCCCC2)cc1C(=O)NCC(C)(C)N.Cl. The summed E-state index contributed by atoms with van der Waals surface area (Å²) >= 11 is 0. The zero-order valence-corrected chi connectivity index (χ0v) is 16.7. The molecule has 1 aliphatic rings. The average Bonchev–Trinajstić information content (AvgIpc) is 2.53. The normalized spacial score (nSPS) is 16.2. The Labute approximate surface area is 156 Å². The number of carbonyl (C=O) groups excluding carboxylic acids is 1. The standard InChI is InChI=1S/C17H27N3O3S.ClH/c1-13-7-8-14(24(22,23)20-9-5-4-6-10-20)11-15(13)16(21)19-12-17(2,3)18;/h7-8,11H,4-6,9-10,12,18H2,1-3H3,(H,19,21);1H. The highest BCUT2D eigenvalue weighted by Crippen LogP contribution is 2.22. The smallest absolute Gasteiger partial charge is 0.251 e. The van der Waals surface area contributed by atoms with E-state index >= 15 is 0 Å². The van der Waals surface area contributed by atoms with Gasteiger partial charge in [-0.05, 0) is 51.3 Å². The van der Waals surface area contributed by atoms with Gasteiger partial charge in [-0.15, -0.1) is 12.4 Å². The van der Waals surface area contributed by atoms with Crippen LogP contribution in [0.1, 0.15) is 49.0 Å². The molecule has 0 radical (unpaired) electrons. The molecule has 0 aliphatic carbocycles. The highest BCUT2D eigenvalue weighted by molar-refractivity contribution is 7.89. The Balaban J connectivity index is 0.00000312. The molecule has 1 saturated heterocycles. The number of halogens is 1. The van der Waals surface area contributed by atoms with Crippen LogP contribution in [0.2, 0.25) is 0 Å². The molecule has 6 nitrogen and oxygen atoms in total. The van der Waals surface area contributed by atoms with E-state index in [9.17, 15) is 13.2 Å². The van der Waals surface area contributed by atoms with Crippen LogP contribution >= 0.6 is 12.4 Å². The molecule has 1 aromatic rings. The molecule has 25 heavy (non-hydrogen) atoms. The largest absolute Gasteiger partial charge is 0.350 e. The minimum Gasteiger partial charge on any atom is -0.350 e. The molecule has 142 valence electrons.